The molecule has 5 heteroatoms. The summed E-state index contributed by atoms with van der Waals surface area (Å²) in [6.45, 7) is 13.6. The molecule has 5 nitrogen and oxygen atoms in total. The molecule has 2 saturated heterocycles. The SMILES string of the molecule is CC1(C)CC(CC(=O)c2ccc(COc3cccc(N4CCCNCC4)c3)cc2)CC(C)(C)N1. The number of piperidine rings is 1. The molecule has 0 unspecified atom stereocenters. The molecule has 2 fully saturated rings. The van der Waals surface area contributed by atoms with E-state index in [9.17, 15) is 4.79 Å². The fraction of sp³-hybridized carbons (Fsp3) is 0.552. The molecule has 0 aliphatic carbocycles. The van der Waals surface area contributed by atoms with Crippen LogP contribution < -0.4 is 20.3 Å². The number of carbonyl (C=O) groups is 1. The summed E-state index contributed by atoms with van der Waals surface area (Å²) in [5.74, 6) is 1.53. The van der Waals surface area contributed by atoms with Crippen LogP contribution in [0.1, 0.15) is 69.3 Å². The van der Waals surface area contributed by atoms with E-state index >= 15 is 0 Å². The Morgan fingerprint density at radius 3 is 2.47 bits per heavy atom. The van der Waals surface area contributed by atoms with Crippen molar-refractivity contribution in [3.8, 4) is 5.75 Å². The second kappa shape index (κ2) is 10.5. The number of anilines is 1. The summed E-state index contributed by atoms with van der Waals surface area (Å²) < 4.78 is 6.09. The first-order valence-corrected chi connectivity index (χ1v) is 12.8. The molecular formula is C29H41N3O2. The van der Waals surface area contributed by atoms with Gasteiger partial charge in [0.15, 0.2) is 5.78 Å². The fourth-order valence-electron chi connectivity index (χ4n) is 5.89. The highest BCUT2D eigenvalue weighted by Crippen LogP contribution is 2.35. The molecule has 2 aliphatic rings. The van der Waals surface area contributed by atoms with Gasteiger partial charge in [-0.3, -0.25) is 4.79 Å². The van der Waals surface area contributed by atoms with Gasteiger partial charge in [0.25, 0.3) is 0 Å². The predicted octanol–water partition coefficient (Wildman–Crippen LogP) is 5.19. The molecule has 2 heterocycles. The van der Waals surface area contributed by atoms with Gasteiger partial charge in [-0.05, 0) is 77.1 Å². The van der Waals surface area contributed by atoms with Gasteiger partial charge in [0.1, 0.15) is 12.4 Å². The number of benzene rings is 2. The van der Waals surface area contributed by atoms with E-state index in [0.29, 0.717) is 18.9 Å². The molecule has 0 bridgehead atoms. The first-order chi connectivity index (χ1) is 16.2. The third kappa shape index (κ3) is 6.83. The summed E-state index contributed by atoms with van der Waals surface area (Å²) in [6, 6.07) is 16.3. The van der Waals surface area contributed by atoms with Crippen molar-refractivity contribution >= 4 is 11.5 Å². The smallest absolute Gasteiger partial charge is 0.163 e. The number of ether oxygens (including phenoxy) is 1. The van der Waals surface area contributed by atoms with E-state index in [1.165, 1.54) is 5.69 Å². The topological polar surface area (TPSA) is 53.6 Å². The summed E-state index contributed by atoms with van der Waals surface area (Å²) in [4.78, 5) is 15.4. The molecule has 34 heavy (non-hydrogen) atoms. The van der Waals surface area contributed by atoms with Crippen LogP contribution in [0.2, 0.25) is 0 Å². The van der Waals surface area contributed by atoms with Crippen LogP contribution >= 0.6 is 0 Å². The second-order valence-corrected chi connectivity index (χ2v) is 11.4. The lowest BCUT2D eigenvalue weighted by Crippen LogP contribution is -2.57. The standard InChI is InChI=1S/C29H41N3O2/c1-28(2)19-23(20-29(3,4)31-28)17-27(33)24-11-9-22(10-12-24)21-34-26-8-5-7-25(18-26)32-15-6-13-30-14-16-32/h5,7-12,18,23,30-31H,6,13-17,19-21H2,1-4H3. The molecule has 2 aromatic carbocycles. The van der Waals surface area contributed by atoms with Crippen molar-refractivity contribution in [2.45, 2.75) is 71.1 Å². The lowest BCUT2D eigenvalue weighted by atomic mass is 9.74. The van der Waals surface area contributed by atoms with E-state index < -0.39 is 0 Å². The molecule has 0 amide bonds. The van der Waals surface area contributed by atoms with Gasteiger partial charge < -0.3 is 20.3 Å². The molecule has 0 saturated carbocycles. The summed E-state index contributed by atoms with van der Waals surface area (Å²) in [5.41, 5.74) is 3.22. The molecule has 0 aromatic heterocycles. The summed E-state index contributed by atoms with van der Waals surface area (Å²) in [6.07, 6.45) is 3.83. The molecule has 2 N–H and O–H groups in total. The first kappa shape index (κ1) is 24.7. The van der Waals surface area contributed by atoms with Crippen LogP contribution in [-0.2, 0) is 6.61 Å². The number of rotatable bonds is 7. The molecule has 2 aliphatic heterocycles. The minimum atomic E-state index is 0.0648. The van der Waals surface area contributed by atoms with Gasteiger partial charge in [-0.2, -0.15) is 0 Å². The van der Waals surface area contributed by atoms with Crippen LogP contribution in [0.4, 0.5) is 5.69 Å². The largest absolute Gasteiger partial charge is 0.489 e. The van der Waals surface area contributed by atoms with Gasteiger partial charge >= 0.3 is 0 Å². The Bertz CT molecular complexity index is 944. The highest BCUT2D eigenvalue weighted by atomic mass is 16.5. The van der Waals surface area contributed by atoms with Gasteiger partial charge in [-0.15, -0.1) is 0 Å². The summed E-state index contributed by atoms with van der Waals surface area (Å²) in [7, 11) is 0. The average molecular weight is 464 g/mol. The number of carbonyl (C=O) groups excluding carboxylic acids is 1. The van der Waals surface area contributed by atoms with Crippen LogP contribution in [0.25, 0.3) is 0 Å². The maximum absolute atomic E-state index is 13.0. The van der Waals surface area contributed by atoms with Crippen molar-refractivity contribution < 1.29 is 9.53 Å². The van der Waals surface area contributed by atoms with Crippen molar-refractivity contribution in [3.05, 3.63) is 59.7 Å². The Balaban J connectivity index is 1.32. The Hall–Kier alpha value is -2.37. The molecule has 0 radical (unpaired) electrons. The van der Waals surface area contributed by atoms with Crippen molar-refractivity contribution in [1.82, 2.24) is 10.6 Å². The zero-order valence-corrected chi connectivity index (χ0v) is 21.3. The molecule has 0 spiro atoms. The zero-order valence-electron chi connectivity index (χ0n) is 21.3. The average Bonchev–Trinajstić information content (AvgIpc) is 3.06. The maximum atomic E-state index is 13.0. The lowest BCUT2D eigenvalue weighted by Gasteiger charge is -2.46. The van der Waals surface area contributed by atoms with Gasteiger partial charge in [0.2, 0.25) is 0 Å². The summed E-state index contributed by atoms with van der Waals surface area (Å²) in [5, 5.41) is 7.15. The molecular weight excluding hydrogens is 422 g/mol. The minimum absolute atomic E-state index is 0.0648. The first-order valence-electron chi connectivity index (χ1n) is 12.8. The third-order valence-electron chi connectivity index (χ3n) is 6.95. The number of nitrogens with zero attached hydrogens (tertiary/aromatic N) is 1. The van der Waals surface area contributed by atoms with Crippen molar-refractivity contribution in [1.29, 1.82) is 0 Å². The van der Waals surface area contributed by atoms with E-state index in [4.69, 9.17) is 4.74 Å². The Labute approximate surface area is 205 Å². The van der Waals surface area contributed by atoms with Crippen LogP contribution in [0, 0.1) is 5.92 Å². The Morgan fingerprint density at radius 2 is 1.74 bits per heavy atom. The van der Waals surface area contributed by atoms with E-state index in [-0.39, 0.29) is 16.9 Å². The molecule has 0 atom stereocenters. The Kier molecular flexibility index (Phi) is 7.63. The van der Waals surface area contributed by atoms with E-state index in [2.05, 4.69) is 61.4 Å². The zero-order chi connectivity index (χ0) is 24.2. The maximum Gasteiger partial charge on any atom is 0.163 e. The van der Waals surface area contributed by atoms with Gasteiger partial charge in [-0.1, -0.05) is 30.3 Å². The fourth-order valence-corrected chi connectivity index (χ4v) is 5.89. The van der Waals surface area contributed by atoms with Crippen molar-refractivity contribution in [2.75, 3.05) is 31.1 Å². The third-order valence-corrected chi connectivity index (χ3v) is 6.95. The minimum Gasteiger partial charge on any atom is -0.489 e. The van der Waals surface area contributed by atoms with Crippen LogP contribution in [-0.4, -0.2) is 43.0 Å². The molecule has 2 aromatic rings. The predicted molar refractivity (Wildman–Crippen MR) is 140 cm³/mol. The van der Waals surface area contributed by atoms with Crippen LogP contribution in [0.5, 0.6) is 5.75 Å². The van der Waals surface area contributed by atoms with Gasteiger partial charge in [-0.25, -0.2) is 0 Å². The van der Waals surface area contributed by atoms with Gasteiger partial charge in [0, 0.05) is 54.5 Å². The van der Waals surface area contributed by atoms with Gasteiger partial charge in [0.05, 0.1) is 0 Å². The van der Waals surface area contributed by atoms with E-state index in [0.717, 1.165) is 62.3 Å². The monoisotopic (exact) mass is 463 g/mol. The van der Waals surface area contributed by atoms with Crippen molar-refractivity contribution in [3.63, 3.8) is 0 Å². The quantitative estimate of drug-likeness (QED) is 0.553. The number of hydrogen-bond acceptors (Lipinski definition) is 5. The number of Topliss-reactive ketones (excluding diaryl/α,β-unsaturated/α-hetero) is 1. The lowest BCUT2D eigenvalue weighted by molar-refractivity contribution is 0.0864. The number of ketones is 1. The van der Waals surface area contributed by atoms with E-state index in [1.807, 2.05) is 30.3 Å². The number of nitrogens with one attached hydrogen (secondary N) is 2. The highest BCUT2D eigenvalue weighted by Gasteiger charge is 2.38. The van der Waals surface area contributed by atoms with Crippen LogP contribution in [0.3, 0.4) is 0 Å². The molecule has 4 rings (SSSR count). The second-order valence-electron chi connectivity index (χ2n) is 11.4. The van der Waals surface area contributed by atoms with E-state index in [1.54, 1.807) is 0 Å². The highest BCUT2D eigenvalue weighted by molar-refractivity contribution is 5.96. The molecule has 184 valence electrons. The summed E-state index contributed by atoms with van der Waals surface area (Å²) >= 11 is 0. The van der Waals surface area contributed by atoms with Crippen molar-refractivity contribution in [2.24, 2.45) is 5.92 Å². The van der Waals surface area contributed by atoms with Crippen LogP contribution in [0.15, 0.2) is 48.5 Å². The normalized spacial score (nSPS) is 20.5. The Morgan fingerprint density at radius 1 is 1.00 bits per heavy atom. The number of hydrogen-bond donors (Lipinski definition) is 2.